The Bertz CT molecular complexity index is 1140. The molecule has 3 atom stereocenters. The number of hydrogen-bond acceptors (Lipinski definition) is 5. The van der Waals surface area contributed by atoms with E-state index in [4.69, 9.17) is 4.74 Å². The third-order valence-electron chi connectivity index (χ3n) is 11.3. The Balaban J connectivity index is 4.70. The van der Waals surface area contributed by atoms with Crippen molar-refractivity contribution in [2.24, 2.45) is 0 Å². The second kappa shape index (κ2) is 48.3. The second-order valence-corrected chi connectivity index (χ2v) is 17.2. The van der Waals surface area contributed by atoms with Gasteiger partial charge in [-0.3, -0.25) is 9.59 Å². The minimum Gasteiger partial charge on any atom is -0.462 e. The van der Waals surface area contributed by atoms with Crippen LogP contribution in [0, 0.1) is 0 Å². The largest absolute Gasteiger partial charge is 0.462 e. The summed E-state index contributed by atoms with van der Waals surface area (Å²) in [5.74, 6) is -0.563. The zero-order chi connectivity index (χ0) is 44.5. The minimum absolute atomic E-state index is 0.0397. The number of aliphatic hydroxyl groups excluding tert-OH is 2. The summed E-state index contributed by atoms with van der Waals surface area (Å²) in [6.07, 6.45) is 61.0. The molecule has 0 aromatic heterocycles. The maximum absolute atomic E-state index is 13.2. The normalized spacial score (nSPS) is 13.9. The summed E-state index contributed by atoms with van der Waals surface area (Å²) in [7, 11) is 0. The molecule has 0 aliphatic heterocycles. The predicted octanol–water partition coefficient (Wildman–Crippen LogP) is 15.4. The van der Waals surface area contributed by atoms with Gasteiger partial charge in [-0.1, -0.05) is 209 Å². The first-order chi connectivity index (χ1) is 30.0. The summed E-state index contributed by atoms with van der Waals surface area (Å²) < 4.78 is 5.89. The van der Waals surface area contributed by atoms with Gasteiger partial charge >= 0.3 is 5.97 Å². The quantitative estimate of drug-likeness (QED) is 0.0245. The molecule has 0 aromatic carbocycles. The van der Waals surface area contributed by atoms with Gasteiger partial charge in [-0.15, -0.1) is 0 Å². The highest BCUT2D eigenvalue weighted by atomic mass is 16.5. The Morgan fingerprint density at radius 2 is 0.885 bits per heavy atom. The first kappa shape index (κ1) is 58.3. The number of unbranched alkanes of at least 4 members (excludes halogenated alkanes) is 22. The lowest BCUT2D eigenvalue weighted by Crippen LogP contribution is -2.46. The molecule has 0 bridgehead atoms. The zero-order valence-corrected chi connectivity index (χ0v) is 40.0. The van der Waals surface area contributed by atoms with E-state index in [1.54, 1.807) is 0 Å². The van der Waals surface area contributed by atoms with E-state index in [2.05, 4.69) is 99.0 Å². The minimum atomic E-state index is -0.804. The predicted molar refractivity (Wildman–Crippen MR) is 264 cm³/mol. The molecule has 0 aliphatic rings. The van der Waals surface area contributed by atoms with E-state index in [1.165, 1.54) is 103 Å². The van der Waals surface area contributed by atoms with Crippen molar-refractivity contribution in [3.05, 3.63) is 72.9 Å². The molecule has 0 fully saturated rings. The van der Waals surface area contributed by atoms with Gasteiger partial charge in [0, 0.05) is 6.42 Å². The van der Waals surface area contributed by atoms with Crippen LogP contribution in [-0.2, 0) is 14.3 Å². The van der Waals surface area contributed by atoms with Gasteiger partial charge in [0.1, 0.15) is 6.10 Å². The molecule has 1 amide bonds. The van der Waals surface area contributed by atoms with E-state index in [9.17, 15) is 19.8 Å². The highest BCUT2D eigenvalue weighted by molar-refractivity contribution is 5.77. The molecule has 0 saturated carbocycles. The van der Waals surface area contributed by atoms with Crippen LogP contribution in [0.3, 0.4) is 0 Å². The smallest absolute Gasteiger partial charge is 0.306 e. The lowest BCUT2D eigenvalue weighted by molar-refractivity contribution is -0.151. The topological polar surface area (TPSA) is 95.9 Å². The molecule has 0 saturated heterocycles. The van der Waals surface area contributed by atoms with E-state index >= 15 is 0 Å². The standard InChI is InChI=1S/C55H97NO5/c1-4-7-10-13-16-19-22-25-26-27-28-30-33-36-39-42-45-48-55(60)61-51(46-43-40-37-34-31-29-23-20-17-14-11-8-5-2)49-54(59)56-52(50-57)53(58)47-44-41-38-35-32-24-21-18-15-12-9-6-3/h16-17,19-20,23,25-26,28-30,36,39,51-53,57-58H,4-15,18,21-22,24,27,31-35,37-38,40-50H2,1-3H3,(H,56,59)/b19-16-,20-17+,26-25-,29-23+,30-28-,39-36-. The van der Waals surface area contributed by atoms with Gasteiger partial charge in [0.2, 0.25) is 5.91 Å². The van der Waals surface area contributed by atoms with Crippen LogP contribution in [0.4, 0.5) is 0 Å². The van der Waals surface area contributed by atoms with Crippen molar-refractivity contribution in [2.45, 2.75) is 257 Å². The van der Waals surface area contributed by atoms with Gasteiger partial charge in [-0.25, -0.2) is 0 Å². The maximum Gasteiger partial charge on any atom is 0.306 e. The van der Waals surface area contributed by atoms with Crippen molar-refractivity contribution in [3.63, 3.8) is 0 Å². The molecule has 0 radical (unpaired) electrons. The molecule has 3 unspecified atom stereocenters. The van der Waals surface area contributed by atoms with Crippen LogP contribution in [0.25, 0.3) is 0 Å². The number of esters is 1. The summed E-state index contributed by atoms with van der Waals surface area (Å²) in [5, 5.41) is 23.7. The Kier molecular flexibility index (Phi) is 46.2. The number of allylic oxidation sites excluding steroid dienone is 12. The summed E-state index contributed by atoms with van der Waals surface area (Å²) in [4.78, 5) is 26.1. The molecule has 0 aliphatic carbocycles. The third kappa shape index (κ3) is 43.7. The molecule has 0 rings (SSSR count). The van der Waals surface area contributed by atoms with Gasteiger partial charge in [-0.2, -0.15) is 0 Å². The number of amides is 1. The van der Waals surface area contributed by atoms with Gasteiger partial charge in [0.15, 0.2) is 0 Å². The average Bonchev–Trinajstić information content (AvgIpc) is 3.25. The van der Waals surface area contributed by atoms with E-state index in [-0.39, 0.29) is 24.9 Å². The number of carbonyl (C=O) groups is 2. The first-order valence-corrected chi connectivity index (χ1v) is 25.7. The van der Waals surface area contributed by atoms with Crippen molar-refractivity contribution in [1.82, 2.24) is 5.32 Å². The molecule has 3 N–H and O–H groups in total. The van der Waals surface area contributed by atoms with Crippen LogP contribution < -0.4 is 5.32 Å². The zero-order valence-electron chi connectivity index (χ0n) is 40.0. The second-order valence-electron chi connectivity index (χ2n) is 17.2. The highest BCUT2D eigenvalue weighted by Gasteiger charge is 2.24. The van der Waals surface area contributed by atoms with Crippen LogP contribution in [0.2, 0.25) is 0 Å². The Labute approximate surface area is 377 Å². The van der Waals surface area contributed by atoms with Crippen LogP contribution in [0.15, 0.2) is 72.9 Å². The van der Waals surface area contributed by atoms with Gasteiger partial charge in [0.05, 0.1) is 25.2 Å². The number of ether oxygens (including phenoxy) is 1. The molecule has 6 heteroatoms. The first-order valence-electron chi connectivity index (χ1n) is 25.7. The summed E-state index contributed by atoms with van der Waals surface area (Å²) in [6, 6.07) is -0.721. The van der Waals surface area contributed by atoms with E-state index in [0.29, 0.717) is 25.7 Å². The van der Waals surface area contributed by atoms with E-state index in [0.717, 1.165) is 83.5 Å². The van der Waals surface area contributed by atoms with Gasteiger partial charge < -0.3 is 20.3 Å². The summed E-state index contributed by atoms with van der Waals surface area (Å²) in [5.41, 5.74) is 0. The fraction of sp³-hybridized carbons (Fsp3) is 0.745. The van der Waals surface area contributed by atoms with Crippen molar-refractivity contribution in [3.8, 4) is 0 Å². The Hall–Kier alpha value is -2.70. The number of nitrogens with one attached hydrogen (secondary N) is 1. The van der Waals surface area contributed by atoms with E-state index in [1.807, 2.05) is 0 Å². The molecular formula is C55H97NO5. The van der Waals surface area contributed by atoms with Crippen molar-refractivity contribution >= 4 is 11.9 Å². The lowest BCUT2D eigenvalue weighted by atomic mass is 10.0. The molecular weight excluding hydrogens is 755 g/mol. The molecule has 0 heterocycles. The van der Waals surface area contributed by atoms with Crippen molar-refractivity contribution < 1.29 is 24.5 Å². The summed E-state index contributed by atoms with van der Waals surface area (Å²) >= 11 is 0. The highest BCUT2D eigenvalue weighted by Crippen LogP contribution is 2.17. The maximum atomic E-state index is 13.2. The summed E-state index contributed by atoms with van der Waals surface area (Å²) in [6.45, 7) is 6.40. The van der Waals surface area contributed by atoms with Crippen molar-refractivity contribution in [1.29, 1.82) is 0 Å². The Morgan fingerprint density at radius 1 is 0.492 bits per heavy atom. The van der Waals surface area contributed by atoms with Crippen LogP contribution in [0.5, 0.6) is 0 Å². The lowest BCUT2D eigenvalue weighted by Gasteiger charge is -2.24. The third-order valence-corrected chi connectivity index (χ3v) is 11.3. The fourth-order valence-corrected chi connectivity index (χ4v) is 7.35. The molecule has 0 spiro atoms. The Morgan fingerprint density at radius 3 is 1.39 bits per heavy atom. The number of aliphatic hydroxyl groups is 2. The molecule has 0 aromatic rings. The number of carbonyl (C=O) groups excluding carboxylic acids is 2. The van der Waals surface area contributed by atoms with Crippen LogP contribution in [0.1, 0.15) is 239 Å². The van der Waals surface area contributed by atoms with Gasteiger partial charge in [0.25, 0.3) is 0 Å². The molecule has 61 heavy (non-hydrogen) atoms. The van der Waals surface area contributed by atoms with Crippen molar-refractivity contribution in [2.75, 3.05) is 6.61 Å². The SMILES string of the molecule is CCCCC/C=C\C/C=C\C/C=C\C/C=C\CCCC(=O)OC(CCCCCC/C=C/C=C/CCCCC)CC(=O)NC(CO)C(O)CCCCCCCCCCCCCC. The fourth-order valence-electron chi connectivity index (χ4n) is 7.35. The van der Waals surface area contributed by atoms with Crippen LogP contribution >= 0.6 is 0 Å². The average molecular weight is 852 g/mol. The number of rotatable bonds is 45. The monoisotopic (exact) mass is 852 g/mol. The molecule has 352 valence electrons. The number of hydrogen-bond donors (Lipinski definition) is 3. The van der Waals surface area contributed by atoms with E-state index < -0.39 is 18.2 Å². The van der Waals surface area contributed by atoms with Gasteiger partial charge in [-0.05, 0) is 89.9 Å². The molecule has 6 nitrogen and oxygen atoms in total. The van der Waals surface area contributed by atoms with Crippen LogP contribution in [-0.4, -0.2) is 46.9 Å².